The normalized spacial score (nSPS) is 22.9. The van der Waals surface area contributed by atoms with Crippen molar-refractivity contribution in [2.24, 2.45) is 11.8 Å². The van der Waals surface area contributed by atoms with E-state index >= 15 is 0 Å². The Morgan fingerprint density at radius 1 is 1.33 bits per heavy atom. The van der Waals surface area contributed by atoms with E-state index in [1.165, 1.54) is 0 Å². The summed E-state index contributed by atoms with van der Waals surface area (Å²) in [7, 11) is 0. The molecule has 3 heteroatoms. The van der Waals surface area contributed by atoms with Gasteiger partial charge in [-0.3, -0.25) is 9.59 Å². The summed E-state index contributed by atoms with van der Waals surface area (Å²) in [5, 5.41) is 8.93. The maximum atomic E-state index is 12.1. The second-order valence-corrected chi connectivity index (χ2v) is 5.21. The summed E-state index contributed by atoms with van der Waals surface area (Å²) < 4.78 is 0. The highest BCUT2D eigenvalue weighted by Gasteiger charge is 2.30. The minimum atomic E-state index is -0.722. The first-order valence-electron chi connectivity index (χ1n) is 6.39. The van der Waals surface area contributed by atoms with Gasteiger partial charge in [-0.1, -0.05) is 23.8 Å². The molecule has 96 valence electrons. The zero-order valence-electron chi connectivity index (χ0n) is 10.6. The van der Waals surface area contributed by atoms with Crippen LogP contribution in [0.5, 0.6) is 0 Å². The lowest BCUT2D eigenvalue weighted by atomic mass is 9.95. The number of rotatable bonds is 4. The summed E-state index contributed by atoms with van der Waals surface area (Å²) in [4.78, 5) is 22.9. The molecule has 1 aliphatic carbocycles. The average molecular weight is 246 g/mol. The molecule has 3 nitrogen and oxygen atoms in total. The van der Waals surface area contributed by atoms with Crippen LogP contribution >= 0.6 is 0 Å². The Morgan fingerprint density at radius 3 is 2.72 bits per heavy atom. The van der Waals surface area contributed by atoms with Crippen LogP contribution in [0.1, 0.15) is 41.6 Å². The van der Waals surface area contributed by atoms with Gasteiger partial charge in [-0.15, -0.1) is 0 Å². The molecule has 1 aliphatic rings. The molecule has 1 aromatic carbocycles. The quantitative estimate of drug-likeness (QED) is 0.831. The van der Waals surface area contributed by atoms with Crippen molar-refractivity contribution in [1.82, 2.24) is 0 Å². The first kappa shape index (κ1) is 12.8. The highest BCUT2D eigenvalue weighted by atomic mass is 16.4. The van der Waals surface area contributed by atoms with E-state index in [1.54, 1.807) is 0 Å². The molecule has 1 saturated carbocycles. The molecule has 0 aliphatic heterocycles. The number of benzene rings is 1. The molecule has 1 N–H and O–H groups in total. The minimum Gasteiger partial charge on any atom is -0.481 e. The Morgan fingerprint density at radius 2 is 2.11 bits per heavy atom. The van der Waals surface area contributed by atoms with Gasteiger partial charge in [0.25, 0.3) is 0 Å². The largest absolute Gasteiger partial charge is 0.481 e. The summed E-state index contributed by atoms with van der Waals surface area (Å²) in [6, 6.07) is 7.58. The van der Waals surface area contributed by atoms with E-state index in [2.05, 4.69) is 0 Å². The van der Waals surface area contributed by atoms with Gasteiger partial charge in [-0.2, -0.15) is 0 Å². The zero-order chi connectivity index (χ0) is 13.1. The number of Topliss-reactive ketones (excluding diaryl/α,β-unsaturated/α-hetero) is 1. The second-order valence-electron chi connectivity index (χ2n) is 5.21. The highest BCUT2D eigenvalue weighted by molar-refractivity contribution is 5.96. The number of carbonyl (C=O) groups excluding carboxylic acids is 1. The number of aryl methyl sites for hydroxylation is 1. The Labute approximate surface area is 107 Å². The molecule has 0 spiro atoms. The van der Waals surface area contributed by atoms with Crippen molar-refractivity contribution in [3.8, 4) is 0 Å². The van der Waals surface area contributed by atoms with Gasteiger partial charge in [0, 0.05) is 12.0 Å². The number of carbonyl (C=O) groups is 2. The van der Waals surface area contributed by atoms with E-state index < -0.39 is 5.97 Å². The van der Waals surface area contributed by atoms with Crippen LogP contribution in [0.4, 0.5) is 0 Å². The molecule has 1 aromatic rings. The summed E-state index contributed by atoms with van der Waals surface area (Å²) in [5.74, 6) is -0.602. The second kappa shape index (κ2) is 5.34. The van der Waals surface area contributed by atoms with Gasteiger partial charge in [-0.05, 0) is 38.2 Å². The maximum absolute atomic E-state index is 12.1. The third-order valence-corrected chi connectivity index (χ3v) is 3.70. The Balaban J connectivity index is 1.95. The van der Waals surface area contributed by atoms with Crippen molar-refractivity contribution >= 4 is 11.8 Å². The number of hydrogen-bond donors (Lipinski definition) is 1. The van der Waals surface area contributed by atoms with E-state index in [0.29, 0.717) is 19.3 Å². The number of ketones is 1. The van der Waals surface area contributed by atoms with Gasteiger partial charge in [-0.25, -0.2) is 0 Å². The van der Waals surface area contributed by atoms with Crippen LogP contribution < -0.4 is 0 Å². The van der Waals surface area contributed by atoms with Crippen molar-refractivity contribution in [2.45, 2.75) is 32.6 Å². The fourth-order valence-electron chi connectivity index (χ4n) is 2.68. The van der Waals surface area contributed by atoms with E-state index in [-0.39, 0.29) is 17.6 Å². The third kappa shape index (κ3) is 2.97. The minimum absolute atomic E-state index is 0.134. The molecule has 0 radical (unpaired) electrons. The van der Waals surface area contributed by atoms with Crippen molar-refractivity contribution in [3.05, 3.63) is 35.4 Å². The first-order valence-corrected chi connectivity index (χ1v) is 6.39. The Hall–Kier alpha value is -1.64. The lowest BCUT2D eigenvalue weighted by Crippen LogP contribution is -2.11. The Bertz CT molecular complexity index is 465. The van der Waals surface area contributed by atoms with Crippen molar-refractivity contribution < 1.29 is 14.7 Å². The first-order chi connectivity index (χ1) is 8.56. The summed E-state index contributed by atoms with van der Waals surface area (Å²) in [6.07, 6.45) is 2.69. The van der Waals surface area contributed by atoms with Crippen molar-refractivity contribution in [2.75, 3.05) is 0 Å². The third-order valence-electron chi connectivity index (χ3n) is 3.70. The zero-order valence-corrected chi connectivity index (χ0v) is 10.6. The number of carboxylic acid groups (broad SMARTS) is 1. The van der Waals surface area contributed by atoms with E-state index in [4.69, 9.17) is 5.11 Å². The topological polar surface area (TPSA) is 54.4 Å². The van der Waals surface area contributed by atoms with Crippen LogP contribution in [-0.4, -0.2) is 16.9 Å². The predicted molar refractivity (Wildman–Crippen MR) is 68.6 cm³/mol. The van der Waals surface area contributed by atoms with Gasteiger partial charge >= 0.3 is 5.97 Å². The molecule has 0 bridgehead atoms. The molecule has 2 rings (SSSR count). The molecule has 0 aromatic heterocycles. The van der Waals surface area contributed by atoms with Gasteiger partial charge in [0.05, 0.1) is 5.92 Å². The number of hydrogen-bond acceptors (Lipinski definition) is 2. The molecule has 18 heavy (non-hydrogen) atoms. The van der Waals surface area contributed by atoms with Gasteiger partial charge in [0.2, 0.25) is 0 Å². The van der Waals surface area contributed by atoms with Crippen molar-refractivity contribution in [1.29, 1.82) is 0 Å². The van der Waals surface area contributed by atoms with Crippen LogP contribution in [0, 0.1) is 18.8 Å². The average Bonchev–Trinajstić information content (AvgIpc) is 2.77. The smallest absolute Gasteiger partial charge is 0.306 e. The molecular formula is C15H18O3. The molecule has 0 saturated heterocycles. The monoisotopic (exact) mass is 246 g/mol. The lowest BCUT2D eigenvalue weighted by Gasteiger charge is -2.08. The predicted octanol–water partition coefficient (Wildman–Crippen LogP) is 3.07. The summed E-state index contributed by atoms with van der Waals surface area (Å²) >= 11 is 0. The molecule has 0 amide bonds. The van der Waals surface area contributed by atoms with Gasteiger partial charge in [0.1, 0.15) is 0 Å². The fourth-order valence-corrected chi connectivity index (χ4v) is 2.68. The summed E-state index contributed by atoms with van der Waals surface area (Å²) in [5.41, 5.74) is 1.82. The molecular weight excluding hydrogens is 228 g/mol. The molecule has 0 unspecified atom stereocenters. The molecule has 1 fully saturated rings. The van der Waals surface area contributed by atoms with Crippen LogP contribution in [0.2, 0.25) is 0 Å². The SMILES string of the molecule is Cc1cccc(C(=O)C[C@@H]2CC[C@H](C(=O)O)C2)c1. The van der Waals surface area contributed by atoms with E-state index in [0.717, 1.165) is 17.5 Å². The molecule has 2 atom stereocenters. The summed E-state index contributed by atoms with van der Waals surface area (Å²) in [6.45, 7) is 1.97. The standard InChI is InChI=1S/C15H18O3/c1-10-3-2-4-12(7-10)14(16)9-11-5-6-13(8-11)15(17)18/h2-4,7,11,13H,5-6,8-9H2,1H3,(H,17,18)/t11-,13+/m1/s1. The maximum Gasteiger partial charge on any atom is 0.306 e. The van der Waals surface area contributed by atoms with Crippen molar-refractivity contribution in [3.63, 3.8) is 0 Å². The van der Waals surface area contributed by atoms with Crippen LogP contribution in [-0.2, 0) is 4.79 Å². The van der Waals surface area contributed by atoms with E-state index in [1.807, 2.05) is 31.2 Å². The highest BCUT2D eigenvalue weighted by Crippen LogP contribution is 2.33. The van der Waals surface area contributed by atoms with E-state index in [9.17, 15) is 9.59 Å². The lowest BCUT2D eigenvalue weighted by molar-refractivity contribution is -0.141. The van der Waals surface area contributed by atoms with Gasteiger partial charge < -0.3 is 5.11 Å². The van der Waals surface area contributed by atoms with Crippen LogP contribution in [0.15, 0.2) is 24.3 Å². The van der Waals surface area contributed by atoms with Crippen LogP contribution in [0.25, 0.3) is 0 Å². The fraction of sp³-hybridized carbons (Fsp3) is 0.467. The van der Waals surface area contributed by atoms with Gasteiger partial charge in [0.15, 0.2) is 5.78 Å². The Kier molecular flexibility index (Phi) is 3.80. The molecule has 0 heterocycles. The number of aliphatic carboxylic acids is 1. The number of carboxylic acids is 1. The van der Waals surface area contributed by atoms with Crippen LogP contribution in [0.3, 0.4) is 0 Å².